The van der Waals surface area contributed by atoms with Crippen molar-refractivity contribution in [2.45, 2.75) is 64.6 Å². The van der Waals surface area contributed by atoms with E-state index in [9.17, 15) is 4.79 Å². The number of ether oxygens (including phenoxy) is 1. The number of rotatable bonds is 5. The molecular formula is C18H28BNO4. The first-order valence-electron chi connectivity index (χ1n) is 8.37. The van der Waals surface area contributed by atoms with E-state index in [-0.39, 0.29) is 5.91 Å². The fourth-order valence-electron chi connectivity index (χ4n) is 2.97. The van der Waals surface area contributed by atoms with Crippen molar-refractivity contribution in [1.82, 2.24) is 5.32 Å². The van der Waals surface area contributed by atoms with E-state index in [0.29, 0.717) is 6.42 Å². The van der Waals surface area contributed by atoms with Crippen LogP contribution in [0.4, 0.5) is 0 Å². The second kappa shape index (κ2) is 6.41. The van der Waals surface area contributed by atoms with Crippen molar-refractivity contribution in [2.24, 2.45) is 0 Å². The minimum absolute atomic E-state index is 0.123. The van der Waals surface area contributed by atoms with Crippen LogP contribution in [0, 0.1) is 0 Å². The molecule has 1 aliphatic heterocycles. The summed E-state index contributed by atoms with van der Waals surface area (Å²) in [6.45, 7) is 11.6. The highest BCUT2D eigenvalue weighted by atomic mass is 16.7. The molecule has 0 bridgehead atoms. The minimum atomic E-state index is -0.761. The number of amides is 1. The van der Waals surface area contributed by atoms with Crippen molar-refractivity contribution in [3.63, 3.8) is 0 Å². The smallest absolute Gasteiger partial charge is 0.490 e. The zero-order valence-corrected chi connectivity index (χ0v) is 15.7. The maximum Gasteiger partial charge on any atom is 0.490 e. The number of carbonyl (C=O) groups excluding carboxylic acids is 1. The van der Waals surface area contributed by atoms with E-state index in [0.717, 1.165) is 11.3 Å². The number of hydrogen-bond acceptors (Lipinski definition) is 4. The molecule has 6 heteroatoms. The van der Waals surface area contributed by atoms with Gasteiger partial charge in [0.2, 0.25) is 5.91 Å². The van der Waals surface area contributed by atoms with Gasteiger partial charge in [-0.05, 0) is 51.8 Å². The Bertz CT molecular complexity index is 584. The number of benzene rings is 1. The molecular weight excluding hydrogens is 305 g/mol. The third kappa shape index (κ3) is 3.17. The summed E-state index contributed by atoms with van der Waals surface area (Å²) in [5, 5.41) is 3.08. The lowest BCUT2D eigenvalue weighted by molar-refractivity contribution is -0.120. The Kier molecular flexibility index (Phi) is 5.02. The molecule has 1 N–H and O–H groups in total. The number of nitrogens with one attached hydrogen (secondary N) is 1. The zero-order chi connectivity index (χ0) is 18.2. The summed E-state index contributed by atoms with van der Waals surface area (Å²) in [5.41, 5.74) is -0.769. The van der Waals surface area contributed by atoms with E-state index in [2.05, 4.69) is 5.32 Å². The summed E-state index contributed by atoms with van der Waals surface area (Å²) in [6, 6.07) is 7.66. The van der Waals surface area contributed by atoms with Crippen molar-refractivity contribution >= 4 is 13.0 Å². The van der Waals surface area contributed by atoms with Crippen molar-refractivity contribution in [3.05, 3.63) is 29.8 Å². The van der Waals surface area contributed by atoms with Crippen molar-refractivity contribution in [2.75, 3.05) is 7.11 Å². The van der Waals surface area contributed by atoms with Gasteiger partial charge >= 0.3 is 7.12 Å². The van der Waals surface area contributed by atoms with Gasteiger partial charge in [-0.25, -0.2) is 0 Å². The lowest BCUT2D eigenvalue weighted by atomic mass is 9.58. The van der Waals surface area contributed by atoms with Crippen LogP contribution in [0.3, 0.4) is 0 Å². The van der Waals surface area contributed by atoms with Gasteiger partial charge in [0.1, 0.15) is 5.75 Å². The molecule has 0 spiro atoms. The van der Waals surface area contributed by atoms with Crippen LogP contribution in [-0.2, 0) is 19.5 Å². The summed E-state index contributed by atoms with van der Waals surface area (Å²) in [4.78, 5) is 11.9. The van der Waals surface area contributed by atoms with Crippen molar-refractivity contribution in [3.8, 4) is 5.75 Å². The highest BCUT2D eigenvalue weighted by molar-refractivity contribution is 6.50. The van der Waals surface area contributed by atoms with Crippen LogP contribution in [0.25, 0.3) is 0 Å². The van der Waals surface area contributed by atoms with Gasteiger partial charge in [-0.2, -0.15) is 0 Å². The van der Waals surface area contributed by atoms with E-state index < -0.39 is 23.8 Å². The first kappa shape index (κ1) is 18.8. The Labute approximate surface area is 145 Å². The molecule has 2 rings (SSSR count). The molecule has 5 nitrogen and oxygen atoms in total. The highest BCUT2D eigenvalue weighted by Crippen LogP contribution is 2.43. The van der Waals surface area contributed by atoms with Crippen molar-refractivity contribution in [1.29, 1.82) is 0 Å². The Morgan fingerprint density at radius 2 is 1.67 bits per heavy atom. The van der Waals surface area contributed by atoms with E-state index >= 15 is 0 Å². The normalized spacial score (nSPS) is 21.2. The van der Waals surface area contributed by atoms with Gasteiger partial charge in [0.15, 0.2) is 0 Å². The van der Waals surface area contributed by atoms with E-state index in [1.807, 2.05) is 58.9 Å². The van der Waals surface area contributed by atoms with Gasteiger partial charge in [0, 0.05) is 6.92 Å². The Balaban J connectivity index is 2.49. The Morgan fingerprint density at radius 1 is 1.17 bits per heavy atom. The molecule has 0 aliphatic carbocycles. The van der Waals surface area contributed by atoms with Crippen LogP contribution in [0.1, 0.15) is 53.5 Å². The average molecular weight is 333 g/mol. The molecule has 1 fully saturated rings. The van der Waals surface area contributed by atoms with Crippen LogP contribution >= 0.6 is 0 Å². The van der Waals surface area contributed by atoms with Gasteiger partial charge in [0.25, 0.3) is 0 Å². The topological polar surface area (TPSA) is 56.8 Å². The number of hydrogen-bond donors (Lipinski definition) is 1. The average Bonchev–Trinajstić information content (AvgIpc) is 2.73. The lowest BCUT2D eigenvalue weighted by Crippen LogP contribution is -2.57. The van der Waals surface area contributed by atoms with Crippen LogP contribution < -0.4 is 10.1 Å². The highest BCUT2D eigenvalue weighted by Gasteiger charge is 2.60. The third-order valence-corrected chi connectivity index (χ3v) is 5.22. The van der Waals surface area contributed by atoms with E-state index in [1.54, 1.807) is 7.11 Å². The predicted molar refractivity (Wildman–Crippen MR) is 94.9 cm³/mol. The van der Waals surface area contributed by atoms with E-state index in [1.165, 1.54) is 6.92 Å². The molecule has 1 unspecified atom stereocenters. The molecule has 0 aromatic heterocycles. The van der Waals surface area contributed by atoms with Crippen LogP contribution in [0.15, 0.2) is 24.3 Å². The zero-order valence-electron chi connectivity index (χ0n) is 15.7. The van der Waals surface area contributed by atoms with Crippen LogP contribution in [0.2, 0.25) is 0 Å². The SMILES string of the molecule is CCC(NC(C)=O)(B1OC(C)(C)C(C)(C)O1)c1ccc(OC)cc1. The molecule has 132 valence electrons. The standard InChI is InChI=1S/C18H28BNO4/c1-8-18(20-13(2)21,14-9-11-15(22-7)12-10-14)19-23-16(3,4)17(5,6)24-19/h9-12H,8H2,1-7H3,(H,20,21). The molecule has 24 heavy (non-hydrogen) atoms. The van der Waals surface area contributed by atoms with E-state index in [4.69, 9.17) is 14.0 Å². The minimum Gasteiger partial charge on any atom is -0.497 e. The molecule has 0 saturated carbocycles. The fraction of sp³-hybridized carbons (Fsp3) is 0.611. The molecule has 1 aromatic carbocycles. The second-order valence-electron chi connectivity index (χ2n) is 7.32. The quantitative estimate of drug-likeness (QED) is 0.842. The summed E-state index contributed by atoms with van der Waals surface area (Å²) in [5.74, 6) is 0.642. The number of carbonyl (C=O) groups is 1. The lowest BCUT2D eigenvalue weighted by Gasteiger charge is -2.35. The molecule has 1 aliphatic rings. The molecule has 1 atom stereocenters. The predicted octanol–water partition coefficient (Wildman–Crippen LogP) is 3.07. The molecule has 1 heterocycles. The van der Waals surface area contributed by atoms with Gasteiger partial charge in [0.05, 0.1) is 23.8 Å². The molecule has 1 amide bonds. The largest absolute Gasteiger partial charge is 0.497 e. The molecule has 1 aromatic rings. The van der Waals surface area contributed by atoms with Crippen LogP contribution in [0.5, 0.6) is 5.75 Å². The number of methoxy groups -OCH3 is 1. The van der Waals surface area contributed by atoms with Gasteiger partial charge in [-0.3, -0.25) is 4.79 Å². The fourth-order valence-corrected chi connectivity index (χ4v) is 2.97. The van der Waals surface area contributed by atoms with Gasteiger partial charge < -0.3 is 19.4 Å². The Hall–Kier alpha value is -1.53. The summed E-state index contributed by atoms with van der Waals surface area (Å²) >= 11 is 0. The van der Waals surface area contributed by atoms with Crippen molar-refractivity contribution < 1.29 is 18.8 Å². The molecule has 1 saturated heterocycles. The van der Waals surface area contributed by atoms with Gasteiger partial charge in [-0.15, -0.1) is 0 Å². The maximum atomic E-state index is 11.9. The van der Waals surface area contributed by atoms with Gasteiger partial charge in [-0.1, -0.05) is 19.1 Å². The summed E-state index contributed by atoms with van der Waals surface area (Å²) in [6.07, 6.45) is 0.635. The first-order chi connectivity index (χ1) is 11.1. The Morgan fingerprint density at radius 3 is 2.04 bits per heavy atom. The van der Waals surface area contributed by atoms with Crippen LogP contribution in [-0.4, -0.2) is 31.3 Å². The first-order valence-corrected chi connectivity index (χ1v) is 8.37. The molecule has 0 radical (unpaired) electrons. The summed E-state index contributed by atoms with van der Waals surface area (Å²) < 4.78 is 17.8. The monoisotopic (exact) mass is 333 g/mol. The maximum absolute atomic E-state index is 11.9. The summed E-state index contributed by atoms with van der Waals surface area (Å²) in [7, 11) is 1.05. The second-order valence-corrected chi connectivity index (χ2v) is 7.32. The third-order valence-electron chi connectivity index (χ3n) is 5.22.